The number of hydrogen-bond donors (Lipinski definition) is 0. The van der Waals surface area contributed by atoms with E-state index in [9.17, 15) is 8.42 Å². The molecule has 0 amide bonds. The Balaban J connectivity index is 1.56. The number of aromatic nitrogens is 2. The minimum Gasteiger partial charge on any atom is -0.340 e. The van der Waals surface area contributed by atoms with E-state index < -0.39 is 9.84 Å². The molecule has 0 unspecified atom stereocenters. The van der Waals surface area contributed by atoms with E-state index in [1.807, 2.05) is 12.3 Å². The van der Waals surface area contributed by atoms with Crippen molar-refractivity contribution in [3.05, 3.63) is 18.0 Å². The van der Waals surface area contributed by atoms with E-state index in [1.54, 1.807) is 0 Å². The lowest BCUT2D eigenvalue weighted by atomic mass is 9.82. The Morgan fingerprint density at radius 3 is 2.60 bits per heavy atom. The summed E-state index contributed by atoms with van der Waals surface area (Å²) in [7, 11) is -2.75. The summed E-state index contributed by atoms with van der Waals surface area (Å²) in [6.45, 7) is 4.03. The van der Waals surface area contributed by atoms with Gasteiger partial charge in [0.05, 0.1) is 11.5 Å². The van der Waals surface area contributed by atoms with E-state index in [2.05, 4.69) is 21.8 Å². The molecule has 2 fully saturated rings. The normalized spacial score (nSPS) is 23.6. The number of aryl methyl sites for hydroxylation is 1. The summed E-state index contributed by atoms with van der Waals surface area (Å²) in [4.78, 5) is 11.1. The highest BCUT2D eigenvalue weighted by molar-refractivity contribution is 7.91. The molecule has 6 heteroatoms. The third-order valence-corrected chi connectivity index (χ3v) is 6.24. The quantitative estimate of drug-likeness (QED) is 0.841. The molecule has 5 nitrogen and oxygen atoms in total. The maximum absolute atomic E-state index is 11.5. The molecular formula is C14H21N3O2S. The molecule has 0 atom stereocenters. The van der Waals surface area contributed by atoms with E-state index in [0.717, 1.165) is 44.0 Å². The predicted octanol–water partition coefficient (Wildman–Crippen LogP) is 1.30. The Kier molecular flexibility index (Phi) is 3.67. The first kappa shape index (κ1) is 13.8. The lowest BCUT2D eigenvalue weighted by Gasteiger charge is -2.44. The van der Waals surface area contributed by atoms with Crippen molar-refractivity contribution in [2.75, 3.05) is 29.5 Å². The van der Waals surface area contributed by atoms with Gasteiger partial charge in [0.25, 0.3) is 0 Å². The van der Waals surface area contributed by atoms with Crippen LogP contribution in [0.15, 0.2) is 12.3 Å². The number of nitrogens with zero attached hydrogens (tertiary/aromatic N) is 3. The molecule has 0 spiro atoms. The van der Waals surface area contributed by atoms with Gasteiger partial charge in [-0.15, -0.1) is 0 Å². The molecule has 0 radical (unpaired) electrons. The average molecular weight is 295 g/mol. The zero-order valence-corrected chi connectivity index (χ0v) is 12.6. The summed E-state index contributed by atoms with van der Waals surface area (Å²) in [6.07, 6.45) is 4.41. The van der Waals surface area contributed by atoms with E-state index in [4.69, 9.17) is 0 Å². The molecule has 0 saturated carbocycles. The molecule has 2 saturated heterocycles. The minimum absolute atomic E-state index is 0.371. The standard InChI is InChI=1S/C14H21N3O2S/c1-2-13-3-6-15-14(16-13)17-9-12(10-17)11-4-7-20(18,19)8-5-11/h3,6,11-12H,2,4-5,7-10H2,1H3. The van der Waals surface area contributed by atoms with Crippen LogP contribution in [-0.4, -0.2) is 43.0 Å². The first-order valence-corrected chi connectivity index (χ1v) is 9.17. The van der Waals surface area contributed by atoms with Crippen LogP contribution in [-0.2, 0) is 16.3 Å². The molecule has 110 valence electrons. The summed E-state index contributed by atoms with van der Waals surface area (Å²) in [5.74, 6) is 2.74. The fourth-order valence-corrected chi connectivity index (χ4v) is 4.62. The second-order valence-electron chi connectivity index (χ2n) is 5.86. The Hall–Kier alpha value is -1.17. The maximum atomic E-state index is 11.5. The second kappa shape index (κ2) is 5.31. The van der Waals surface area contributed by atoms with Gasteiger partial charge in [-0.25, -0.2) is 18.4 Å². The monoisotopic (exact) mass is 295 g/mol. The van der Waals surface area contributed by atoms with Gasteiger partial charge in [0, 0.05) is 25.0 Å². The van der Waals surface area contributed by atoms with E-state index in [0.29, 0.717) is 23.3 Å². The largest absolute Gasteiger partial charge is 0.340 e. The van der Waals surface area contributed by atoms with Gasteiger partial charge in [-0.05, 0) is 37.2 Å². The summed E-state index contributed by atoms with van der Waals surface area (Å²) in [5.41, 5.74) is 1.07. The summed E-state index contributed by atoms with van der Waals surface area (Å²) in [6, 6.07) is 1.95. The number of sulfone groups is 1. The molecule has 3 heterocycles. The Morgan fingerprint density at radius 1 is 1.25 bits per heavy atom. The van der Waals surface area contributed by atoms with Crippen LogP contribution in [0.5, 0.6) is 0 Å². The van der Waals surface area contributed by atoms with E-state index >= 15 is 0 Å². The van der Waals surface area contributed by atoms with Crippen LogP contribution in [0.1, 0.15) is 25.5 Å². The molecule has 2 aliphatic rings. The van der Waals surface area contributed by atoms with Crippen molar-refractivity contribution < 1.29 is 8.42 Å². The topological polar surface area (TPSA) is 63.2 Å². The fourth-order valence-electron chi connectivity index (χ4n) is 3.09. The highest BCUT2D eigenvalue weighted by Crippen LogP contribution is 2.33. The smallest absolute Gasteiger partial charge is 0.225 e. The number of anilines is 1. The molecule has 20 heavy (non-hydrogen) atoms. The van der Waals surface area contributed by atoms with Crippen molar-refractivity contribution in [2.24, 2.45) is 11.8 Å². The zero-order chi connectivity index (χ0) is 14.2. The van der Waals surface area contributed by atoms with Gasteiger partial charge in [0.1, 0.15) is 9.84 Å². The predicted molar refractivity (Wildman–Crippen MR) is 78.5 cm³/mol. The minimum atomic E-state index is -2.75. The van der Waals surface area contributed by atoms with Gasteiger partial charge in [-0.1, -0.05) is 6.92 Å². The molecular weight excluding hydrogens is 274 g/mol. The van der Waals surface area contributed by atoms with Gasteiger partial charge in [-0.3, -0.25) is 0 Å². The lowest BCUT2D eigenvalue weighted by molar-refractivity contribution is 0.251. The summed E-state index contributed by atoms with van der Waals surface area (Å²) < 4.78 is 22.9. The summed E-state index contributed by atoms with van der Waals surface area (Å²) >= 11 is 0. The molecule has 0 aromatic carbocycles. The molecule has 1 aromatic rings. The average Bonchev–Trinajstić information content (AvgIpc) is 2.39. The van der Waals surface area contributed by atoms with Gasteiger partial charge in [0.15, 0.2) is 0 Å². The van der Waals surface area contributed by atoms with Crippen LogP contribution >= 0.6 is 0 Å². The van der Waals surface area contributed by atoms with Crippen LogP contribution in [0.3, 0.4) is 0 Å². The van der Waals surface area contributed by atoms with Gasteiger partial charge in [0.2, 0.25) is 5.95 Å². The highest BCUT2D eigenvalue weighted by atomic mass is 32.2. The SMILES string of the molecule is CCc1ccnc(N2CC(C3CCS(=O)(=O)CC3)C2)n1. The summed E-state index contributed by atoms with van der Waals surface area (Å²) in [5, 5.41) is 0. The molecule has 2 aliphatic heterocycles. The first-order chi connectivity index (χ1) is 9.57. The van der Waals surface area contributed by atoms with Crippen molar-refractivity contribution in [3.63, 3.8) is 0 Å². The molecule has 0 N–H and O–H groups in total. The fraction of sp³-hybridized carbons (Fsp3) is 0.714. The van der Waals surface area contributed by atoms with Crippen LogP contribution in [0.2, 0.25) is 0 Å². The van der Waals surface area contributed by atoms with Crippen LogP contribution in [0.4, 0.5) is 5.95 Å². The number of hydrogen-bond acceptors (Lipinski definition) is 5. The van der Waals surface area contributed by atoms with Crippen molar-refractivity contribution in [2.45, 2.75) is 26.2 Å². The first-order valence-electron chi connectivity index (χ1n) is 7.34. The Bertz CT molecular complexity index is 568. The van der Waals surface area contributed by atoms with Crippen molar-refractivity contribution in [3.8, 4) is 0 Å². The highest BCUT2D eigenvalue weighted by Gasteiger charge is 2.37. The van der Waals surface area contributed by atoms with Crippen molar-refractivity contribution in [1.29, 1.82) is 0 Å². The van der Waals surface area contributed by atoms with Crippen molar-refractivity contribution >= 4 is 15.8 Å². The van der Waals surface area contributed by atoms with Gasteiger partial charge < -0.3 is 4.90 Å². The molecule has 0 aliphatic carbocycles. The van der Waals surface area contributed by atoms with E-state index in [1.165, 1.54) is 0 Å². The van der Waals surface area contributed by atoms with Crippen LogP contribution in [0, 0.1) is 11.8 Å². The van der Waals surface area contributed by atoms with Crippen LogP contribution in [0.25, 0.3) is 0 Å². The Labute approximate surface area is 120 Å². The third-order valence-electron chi connectivity index (χ3n) is 4.52. The van der Waals surface area contributed by atoms with Gasteiger partial charge >= 0.3 is 0 Å². The third kappa shape index (κ3) is 2.80. The number of rotatable bonds is 3. The van der Waals surface area contributed by atoms with Crippen molar-refractivity contribution in [1.82, 2.24) is 9.97 Å². The zero-order valence-electron chi connectivity index (χ0n) is 11.8. The Morgan fingerprint density at radius 2 is 1.95 bits per heavy atom. The maximum Gasteiger partial charge on any atom is 0.225 e. The van der Waals surface area contributed by atoms with Gasteiger partial charge in [-0.2, -0.15) is 0 Å². The van der Waals surface area contributed by atoms with Crippen LogP contribution < -0.4 is 4.90 Å². The lowest BCUT2D eigenvalue weighted by Crippen LogP contribution is -2.52. The second-order valence-corrected chi connectivity index (χ2v) is 8.16. The molecule has 0 bridgehead atoms. The molecule has 3 rings (SSSR count). The van der Waals surface area contributed by atoms with E-state index in [-0.39, 0.29) is 0 Å². The molecule has 1 aromatic heterocycles.